The normalized spacial score (nSPS) is 11.3. The Hall–Kier alpha value is -1.06. The molecule has 3 nitrogen and oxygen atoms in total. The number of aliphatic hydroxyl groups is 1. The number of carbonyl (C=O) groups excluding carboxylic acids is 1. The monoisotopic (exact) mass is 228 g/mol. The number of ether oxygens (including phenoxy) is 1. The molecule has 1 rings (SSSR count). The first-order valence-electron chi connectivity index (χ1n) is 4.47. The first kappa shape index (κ1) is 12.0. The topological polar surface area (TPSA) is 46.5 Å². The van der Waals surface area contributed by atoms with Gasteiger partial charge in [0.15, 0.2) is 0 Å². The molecule has 0 bridgehead atoms. The van der Waals surface area contributed by atoms with Crippen molar-refractivity contribution in [3.63, 3.8) is 0 Å². The second kappa shape index (κ2) is 4.21. The average Bonchev–Trinajstić information content (AvgIpc) is 2.15. The highest BCUT2D eigenvalue weighted by atomic mass is 35.5. The molecule has 0 aliphatic heterocycles. The van der Waals surface area contributed by atoms with Crippen molar-refractivity contribution in [2.24, 2.45) is 0 Å². The van der Waals surface area contributed by atoms with E-state index >= 15 is 0 Å². The number of carbonyl (C=O) groups is 1. The summed E-state index contributed by atoms with van der Waals surface area (Å²) in [5.41, 5.74) is -0.126. The smallest absolute Gasteiger partial charge is 0.339 e. The van der Waals surface area contributed by atoms with Gasteiger partial charge in [-0.25, -0.2) is 4.79 Å². The zero-order valence-electron chi connectivity index (χ0n) is 8.87. The van der Waals surface area contributed by atoms with Crippen LogP contribution in [-0.4, -0.2) is 18.2 Å². The molecule has 0 atom stereocenters. The lowest BCUT2D eigenvalue weighted by molar-refractivity contribution is 0.0598. The standard InChI is InChI=1S/C11H13ClO3/c1-11(2,14)7-4-5-9(12)8(6-7)10(13)15-3/h4-6,14H,1-3H3. The zero-order chi connectivity index (χ0) is 11.6. The van der Waals surface area contributed by atoms with E-state index in [-0.39, 0.29) is 5.56 Å². The average molecular weight is 229 g/mol. The van der Waals surface area contributed by atoms with Gasteiger partial charge in [0.2, 0.25) is 0 Å². The molecular formula is C11H13ClO3. The molecule has 1 aromatic rings. The van der Waals surface area contributed by atoms with E-state index in [0.29, 0.717) is 10.6 Å². The van der Waals surface area contributed by atoms with E-state index in [1.807, 2.05) is 0 Å². The largest absolute Gasteiger partial charge is 0.465 e. The zero-order valence-corrected chi connectivity index (χ0v) is 9.63. The fourth-order valence-electron chi connectivity index (χ4n) is 1.17. The molecule has 0 aliphatic rings. The van der Waals surface area contributed by atoms with Crippen LogP contribution in [0.5, 0.6) is 0 Å². The first-order valence-corrected chi connectivity index (χ1v) is 4.85. The maximum atomic E-state index is 11.3. The second-order valence-electron chi connectivity index (χ2n) is 3.75. The van der Waals surface area contributed by atoms with Crippen LogP contribution in [0.4, 0.5) is 0 Å². The summed E-state index contributed by atoms with van der Waals surface area (Å²) in [7, 11) is 1.29. The predicted octanol–water partition coefficient (Wildman–Crippen LogP) is 2.35. The van der Waals surface area contributed by atoms with Crippen LogP contribution in [0.15, 0.2) is 18.2 Å². The minimum Gasteiger partial charge on any atom is -0.465 e. The van der Waals surface area contributed by atoms with Crippen LogP contribution in [0.1, 0.15) is 29.8 Å². The Morgan fingerprint density at radius 2 is 2.07 bits per heavy atom. The van der Waals surface area contributed by atoms with Gasteiger partial charge in [-0.15, -0.1) is 0 Å². The molecule has 82 valence electrons. The number of rotatable bonds is 2. The third kappa shape index (κ3) is 2.70. The highest BCUT2D eigenvalue weighted by Crippen LogP contribution is 2.25. The van der Waals surface area contributed by atoms with E-state index in [0.717, 1.165) is 0 Å². The molecule has 0 aromatic heterocycles. The van der Waals surface area contributed by atoms with Gasteiger partial charge in [0.05, 0.1) is 23.3 Å². The van der Waals surface area contributed by atoms with Crippen molar-refractivity contribution in [2.75, 3.05) is 7.11 Å². The van der Waals surface area contributed by atoms with Crippen molar-refractivity contribution in [3.8, 4) is 0 Å². The maximum Gasteiger partial charge on any atom is 0.339 e. The number of methoxy groups -OCH3 is 1. The van der Waals surface area contributed by atoms with Gasteiger partial charge >= 0.3 is 5.97 Å². The van der Waals surface area contributed by atoms with Crippen molar-refractivity contribution >= 4 is 17.6 Å². The molecule has 0 heterocycles. The van der Waals surface area contributed by atoms with Crippen LogP contribution in [0.25, 0.3) is 0 Å². The summed E-state index contributed by atoms with van der Waals surface area (Å²) in [6, 6.07) is 4.78. The molecular weight excluding hydrogens is 216 g/mol. The number of hydrogen-bond donors (Lipinski definition) is 1. The molecule has 0 saturated heterocycles. The quantitative estimate of drug-likeness (QED) is 0.791. The lowest BCUT2D eigenvalue weighted by atomic mass is 9.96. The van der Waals surface area contributed by atoms with E-state index in [1.165, 1.54) is 13.2 Å². The van der Waals surface area contributed by atoms with Gasteiger partial charge in [0, 0.05) is 0 Å². The third-order valence-corrected chi connectivity index (χ3v) is 2.41. The van der Waals surface area contributed by atoms with Gasteiger partial charge in [-0.05, 0) is 31.5 Å². The summed E-state index contributed by atoms with van der Waals surface area (Å²) < 4.78 is 4.58. The van der Waals surface area contributed by atoms with E-state index in [2.05, 4.69) is 4.74 Å². The van der Waals surface area contributed by atoms with Crippen molar-refractivity contribution in [1.82, 2.24) is 0 Å². The molecule has 1 N–H and O–H groups in total. The summed E-state index contributed by atoms with van der Waals surface area (Å²) in [6.07, 6.45) is 0. The molecule has 0 fully saturated rings. The Morgan fingerprint density at radius 3 is 2.53 bits per heavy atom. The van der Waals surface area contributed by atoms with Crippen molar-refractivity contribution in [2.45, 2.75) is 19.4 Å². The maximum absolute atomic E-state index is 11.3. The molecule has 0 spiro atoms. The third-order valence-electron chi connectivity index (χ3n) is 2.08. The highest BCUT2D eigenvalue weighted by Gasteiger charge is 2.19. The summed E-state index contributed by atoms with van der Waals surface area (Å²) in [6.45, 7) is 3.27. The van der Waals surface area contributed by atoms with Gasteiger partial charge in [0.25, 0.3) is 0 Å². The fourth-order valence-corrected chi connectivity index (χ4v) is 1.37. The Balaban J connectivity index is 3.23. The molecule has 0 aliphatic carbocycles. The molecule has 0 saturated carbocycles. The summed E-state index contributed by atoms with van der Waals surface area (Å²) in [4.78, 5) is 11.3. The minimum absolute atomic E-state index is 0.263. The molecule has 0 amide bonds. The second-order valence-corrected chi connectivity index (χ2v) is 4.15. The lowest BCUT2D eigenvalue weighted by Crippen LogP contribution is -2.16. The van der Waals surface area contributed by atoms with E-state index in [9.17, 15) is 9.90 Å². The predicted molar refractivity (Wildman–Crippen MR) is 58.0 cm³/mol. The van der Waals surface area contributed by atoms with E-state index in [4.69, 9.17) is 11.6 Å². The molecule has 1 aromatic carbocycles. The molecule has 15 heavy (non-hydrogen) atoms. The minimum atomic E-state index is -1.01. The van der Waals surface area contributed by atoms with Crippen LogP contribution < -0.4 is 0 Å². The highest BCUT2D eigenvalue weighted by molar-refractivity contribution is 6.33. The summed E-state index contributed by atoms with van der Waals surface area (Å²) in [5, 5.41) is 10.1. The Labute approximate surface area is 93.6 Å². The molecule has 0 radical (unpaired) electrons. The van der Waals surface area contributed by atoms with Crippen LogP contribution in [-0.2, 0) is 10.3 Å². The molecule has 0 unspecified atom stereocenters. The number of hydrogen-bond acceptors (Lipinski definition) is 3. The van der Waals surface area contributed by atoms with Crippen molar-refractivity contribution < 1.29 is 14.6 Å². The lowest BCUT2D eigenvalue weighted by Gasteiger charge is -2.18. The van der Waals surface area contributed by atoms with Crippen LogP contribution in [0.2, 0.25) is 5.02 Å². The van der Waals surface area contributed by atoms with Gasteiger partial charge in [-0.1, -0.05) is 17.7 Å². The van der Waals surface area contributed by atoms with Crippen LogP contribution in [0, 0.1) is 0 Å². The van der Waals surface area contributed by atoms with Crippen LogP contribution >= 0.6 is 11.6 Å². The van der Waals surface area contributed by atoms with E-state index in [1.54, 1.807) is 26.0 Å². The van der Waals surface area contributed by atoms with Gasteiger partial charge in [-0.2, -0.15) is 0 Å². The van der Waals surface area contributed by atoms with E-state index < -0.39 is 11.6 Å². The first-order chi connectivity index (χ1) is 6.86. The Bertz CT molecular complexity index is 380. The van der Waals surface area contributed by atoms with Gasteiger partial charge in [-0.3, -0.25) is 0 Å². The number of halogens is 1. The summed E-state index contributed by atoms with van der Waals surface area (Å²) >= 11 is 5.84. The SMILES string of the molecule is COC(=O)c1cc(C(C)(C)O)ccc1Cl. The van der Waals surface area contributed by atoms with Crippen LogP contribution in [0.3, 0.4) is 0 Å². The Morgan fingerprint density at radius 1 is 1.47 bits per heavy atom. The van der Waals surface area contributed by atoms with Crippen molar-refractivity contribution in [1.29, 1.82) is 0 Å². The van der Waals surface area contributed by atoms with Gasteiger partial charge < -0.3 is 9.84 Å². The van der Waals surface area contributed by atoms with Crippen molar-refractivity contribution in [3.05, 3.63) is 34.3 Å². The Kier molecular flexibility index (Phi) is 3.37. The number of benzene rings is 1. The number of esters is 1. The van der Waals surface area contributed by atoms with Gasteiger partial charge in [0.1, 0.15) is 0 Å². The molecule has 4 heteroatoms. The summed E-state index contributed by atoms with van der Waals surface area (Å²) in [5.74, 6) is -0.508. The fraction of sp³-hybridized carbons (Fsp3) is 0.364.